The van der Waals surface area contributed by atoms with Gasteiger partial charge in [-0.15, -0.1) is 0 Å². The Morgan fingerprint density at radius 3 is 2.39 bits per heavy atom. The third-order valence-electron chi connectivity index (χ3n) is 7.66. The zero-order chi connectivity index (χ0) is 29.0. The summed E-state index contributed by atoms with van der Waals surface area (Å²) in [7, 11) is -3.80. The number of nitrogens with one attached hydrogen (secondary N) is 2. The summed E-state index contributed by atoms with van der Waals surface area (Å²) in [6.07, 6.45) is -0.351. The van der Waals surface area contributed by atoms with Gasteiger partial charge in [0.15, 0.2) is 0 Å². The quantitative estimate of drug-likeness (QED) is 0.354. The second-order valence-corrected chi connectivity index (χ2v) is 12.1. The van der Waals surface area contributed by atoms with E-state index in [1.165, 1.54) is 16.7 Å². The van der Waals surface area contributed by atoms with Gasteiger partial charge in [0.25, 0.3) is 0 Å². The van der Waals surface area contributed by atoms with E-state index in [2.05, 4.69) is 27.4 Å². The molecule has 2 aliphatic rings. The van der Waals surface area contributed by atoms with Crippen molar-refractivity contribution in [1.82, 2.24) is 9.47 Å². The summed E-state index contributed by atoms with van der Waals surface area (Å²) in [4.78, 5) is 2.53. The summed E-state index contributed by atoms with van der Waals surface area (Å²) in [5, 5.41) is 12.4. The molecule has 0 saturated carbocycles. The predicted molar refractivity (Wildman–Crippen MR) is 153 cm³/mol. The van der Waals surface area contributed by atoms with E-state index in [9.17, 15) is 21.6 Å². The first-order chi connectivity index (χ1) is 19.6. The van der Waals surface area contributed by atoms with Crippen LogP contribution in [0.4, 0.5) is 24.5 Å². The van der Waals surface area contributed by atoms with E-state index >= 15 is 0 Å². The molecule has 2 fully saturated rings. The van der Waals surface area contributed by atoms with Crippen LogP contribution in [0, 0.1) is 11.8 Å². The van der Waals surface area contributed by atoms with Gasteiger partial charge in [0.1, 0.15) is 6.54 Å². The minimum absolute atomic E-state index is 0.0138. The summed E-state index contributed by atoms with van der Waals surface area (Å²) in [6, 6.07) is 13.7. The van der Waals surface area contributed by atoms with Crippen molar-refractivity contribution in [3.8, 4) is 11.8 Å². The molecule has 0 bridgehead atoms. The monoisotopic (exact) mass is 589 g/mol. The number of piperidine rings is 1. The van der Waals surface area contributed by atoms with E-state index in [4.69, 9.17) is 9.88 Å². The summed E-state index contributed by atoms with van der Waals surface area (Å²) in [5.74, 6) is 5.79. The van der Waals surface area contributed by atoms with E-state index < -0.39 is 22.7 Å². The molecule has 12 heteroatoms. The summed E-state index contributed by atoms with van der Waals surface area (Å²) < 4.78 is 70.2. The number of fused-ring (bicyclic) bond motifs is 1. The number of primary sulfonamides is 1. The number of ether oxygens (including phenoxy) is 1. The molecule has 0 aliphatic carbocycles. The Morgan fingerprint density at radius 1 is 1.02 bits per heavy atom. The van der Waals surface area contributed by atoms with Crippen molar-refractivity contribution < 1.29 is 26.3 Å². The number of hydrogen-bond donors (Lipinski definition) is 3. The lowest BCUT2D eigenvalue weighted by atomic mass is 9.99. The Balaban J connectivity index is 1.30. The van der Waals surface area contributed by atoms with E-state index in [0.29, 0.717) is 22.6 Å². The van der Waals surface area contributed by atoms with Crippen molar-refractivity contribution in [2.24, 2.45) is 5.14 Å². The number of nitrogens with two attached hydrogens (primary N) is 1. The fourth-order valence-corrected chi connectivity index (χ4v) is 6.10. The number of anilines is 2. The molecule has 220 valence electrons. The molecule has 2 saturated heterocycles. The first-order valence-corrected chi connectivity index (χ1v) is 15.2. The number of benzene rings is 2. The van der Waals surface area contributed by atoms with Gasteiger partial charge in [-0.3, -0.25) is 0 Å². The van der Waals surface area contributed by atoms with Crippen molar-refractivity contribution in [3.63, 3.8) is 0 Å². The summed E-state index contributed by atoms with van der Waals surface area (Å²) in [5.41, 5.74) is 2.16. The molecule has 0 atom stereocenters. The predicted octanol–water partition coefficient (Wildman–Crippen LogP) is 4.37. The van der Waals surface area contributed by atoms with E-state index in [1.54, 1.807) is 30.3 Å². The molecule has 3 heterocycles. The van der Waals surface area contributed by atoms with Crippen LogP contribution in [0.15, 0.2) is 53.4 Å². The molecule has 2 aliphatic heterocycles. The Kier molecular flexibility index (Phi) is 8.79. The molecule has 0 radical (unpaired) electrons. The molecule has 2 aromatic carbocycles. The molecule has 41 heavy (non-hydrogen) atoms. The minimum Gasteiger partial charge on any atom is -0.382 e. The topological polar surface area (TPSA) is 102 Å². The van der Waals surface area contributed by atoms with E-state index in [1.807, 2.05) is 6.07 Å². The molecule has 1 aromatic heterocycles. The average molecular weight is 590 g/mol. The number of likely N-dealkylation sites (tertiary alicyclic amines) is 1. The van der Waals surface area contributed by atoms with Crippen LogP contribution in [0.25, 0.3) is 10.9 Å². The van der Waals surface area contributed by atoms with Crippen molar-refractivity contribution in [1.29, 1.82) is 0 Å². The van der Waals surface area contributed by atoms with Gasteiger partial charge in [-0.1, -0.05) is 12.0 Å². The van der Waals surface area contributed by atoms with Gasteiger partial charge in [-0.05, 0) is 74.1 Å². The summed E-state index contributed by atoms with van der Waals surface area (Å²) in [6.45, 7) is 2.61. The van der Waals surface area contributed by atoms with Crippen LogP contribution in [0.3, 0.4) is 0 Å². The Morgan fingerprint density at radius 2 is 1.73 bits per heavy atom. The Labute approximate surface area is 238 Å². The van der Waals surface area contributed by atoms with Gasteiger partial charge in [0, 0.05) is 55.1 Å². The SMILES string of the molecule is NS(=O)(=O)c1ccc(NCC#Cc2cc3c(NC4CCN(C5CCOCC5)CC4)cccc3n2CC(F)(F)F)cc1. The summed E-state index contributed by atoms with van der Waals surface area (Å²) >= 11 is 0. The highest BCUT2D eigenvalue weighted by Gasteiger charge is 2.30. The van der Waals surface area contributed by atoms with Gasteiger partial charge < -0.3 is 24.8 Å². The van der Waals surface area contributed by atoms with E-state index in [0.717, 1.165) is 57.7 Å². The number of hydrogen-bond acceptors (Lipinski definition) is 6. The van der Waals surface area contributed by atoms with Crippen molar-refractivity contribution >= 4 is 32.3 Å². The highest BCUT2D eigenvalue weighted by Crippen LogP contribution is 2.31. The van der Waals surface area contributed by atoms with Crippen LogP contribution in [0.2, 0.25) is 0 Å². The lowest BCUT2D eigenvalue weighted by Gasteiger charge is -2.39. The van der Waals surface area contributed by atoms with Gasteiger partial charge in [0.05, 0.1) is 22.7 Å². The van der Waals surface area contributed by atoms with Crippen LogP contribution in [0.1, 0.15) is 31.4 Å². The maximum atomic E-state index is 13.6. The van der Waals surface area contributed by atoms with E-state index in [-0.39, 0.29) is 23.2 Å². The van der Waals surface area contributed by atoms with Crippen LogP contribution >= 0.6 is 0 Å². The van der Waals surface area contributed by atoms with Gasteiger partial charge in [-0.25, -0.2) is 13.6 Å². The number of aromatic nitrogens is 1. The molecule has 0 unspecified atom stereocenters. The average Bonchev–Trinajstić information content (AvgIpc) is 3.28. The van der Waals surface area contributed by atoms with Gasteiger partial charge in [0.2, 0.25) is 10.0 Å². The normalized spacial score (nSPS) is 17.8. The molecule has 5 rings (SSSR count). The third kappa shape index (κ3) is 7.54. The maximum Gasteiger partial charge on any atom is 0.406 e. The number of sulfonamides is 1. The van der Waals surface area contributed by atoms with Crippen molar-refractivity contribution in [2.45, 2.75) is 55.4 Å². The fraction of sp³-hybridized carbons (Fsp3) is 0.448. The molecule has 8 nitrogen and oxygen atoms in total. The van der Waals surface area contributed by atoms with Crippen molar-refractivity contribution in [2.75, 3.05) is 43.5 Å². The molecular formula is C29H34F3N5O3S. The smallest absolute Gasteiger partial charge is 0.382 e. The maximum absolute atomic E-state index is 13.6. The Bertz CT molecular complexity index is 1510. The first kappa shape index (κ1) is 29.3. The fourth-order valence-electron chi connectivity index (χ4n) is 5.59. The van der Waals surface area contributed by atoms with Crippen LogP contribution in [-0.2, 0) is 21.3 Å². The molecule has 3 aromatic rings. The lowest BCUT2D eigenvalue weighted by molar-refractivity contribution is -0.140. The Hall–Kier alpha value is -3.24. The van der Waals surface area contributed by atoms with Gasteiger partial charge in [-0.2, -0.15) is 13.2 Å². The van der Waals surface area contributed by atoms with Crippen LogP contribution in [-0.4, -0.2) is 69.0 Å². The molecule has 0 spiro atoms. The number of halogens is 3. The molecular weight excluding hydrogens is 555 g/mol. The zero-order valence-corrected chi connectivity index (χ0v) is 23.4. The van der Waals surface area contributed by atoms with Crippen LogP contribution in [0.5, 0.6) is 0 Å². The standard InChI is InChI=1S/C29H34F3N5O3S/c30-29(31,32)20-37-24(3-2-14-34-21-6-8-25(9-7-21)41(33,38)39)19-26-27(4-1-5-28(26)37)35-22-10-15-36(16-11-22)23-12-17-40-18-13-23/h1,4-9,19,22-23,34-35H,10-18,20H2,(H2,33,38,39). The number of alkyl halides is 3. The number of nitrogens with zero attached hydrogens (tertiary/aromatic N) is 2. The second kappa shape index (κ2) is 12.3. The third-order valence-corrected chi connectivity index (χ3v) is 8.59. The van der Waals surface area contributed by atoms with Crippen molar-refractivity contribution in [3.05, 3.63) is 54.2 Å². The second-order valence-electron chi connectivity index (χ2n) is 10.5. The van der Waals surface area contributed by atoms with Gasteiger partial charge >= 0.3 is 6.18 Å². The highest BCUT2D eigenvalue weighted by molar-refractivity contribution is 7.89. The lowest BCUT2D eigenvalue weighted by Crippen LogP contribution is -2.46. The first-order valence-electron chi connectivity index (χ1n) is 13.7. The van der Waals surface area contributed by atoms with Crippen LogP contribution < -0.4 is 15.8 Å². The minimum atomic E-state index is -4.41. The molecule has 4 N–H and O–H groups in total. The largest absolute Gasteiger partial charge is 0.406 e. The number of rotatable bonds is 7. The highest BCUT2D eigenvalue weighted by atomic mass is 32.2. The zero-order valence-electron chi connectivity index (χ0n) is 22.6. The molecule has 0 amide bonds.